The first kappa shape index (κ1) is 15.2. The van der Waals surface area contributed by atoms with Gasteiger partial charge in [-0.25, -0.2) is 0 Å². The van der Waals surface area contributed by atoms with E-state index >= 15 is 0 Å². The van der Waals surface area contributed by atoms with Gasteiger partial charge in [-0.3, -0.25) is 9.59 Å². The van der Waals surface area contributed by atoms with Gasteiger partial charge in [0.2, 0.25) is 0 Å². The zero-order valence-corrected chi connectivity index (χ0v) is 12.1. The summed E-state index contributed by atoms with van der Waals surface area (Å²) in [6, 6.07) is 4.85. The minimum absolute atomic E-state index is 0.0874. The molecule has 0 aliphatic heterocycles. The summed E-state index contributed by atoms with van der Waals surface area (Å²) in [5, 5.41) is 0. The highest BCUT2D eigenvalue weighted by Crippen LogP contribution is 2.27. The van der Waals surface area contributed by atoms with E-state index in [4.69, 9.17) is 9.47 Å². The molecule has 4 heteroatoms. The number of carbonyl (C=O) groups is 2. The van der Waals surface area contributed by atoms with Gasteiger partial charge in [-0.15, -0.1) is 0 Å². The fraction of sp³-hybridized carbons (Fsp3) is 0.467. The Labute approximate surface area is 113 Å². The van der Waals surface area contributed by atoms with E-state index in [9.17, 15) is 9.59 Å². The first-order valence-corrected chi connectivity index (χ1v) is 6.23. The maximum atomic E-state index is 11.9. The zero-order valence-electron chi connectivity index (χ0n) is 12.1. The van der Waals surface area contributed by atoms with E-state index in [1.165, 1.54) is 7.11 Å². The predicted molar refractivity (Wildman–Crippen MR) is 72.7 cm³/mol. The van der Waals surface area contributed by atoms with Crippen LogP contribution in [0.25, 0.3) is 0 Å². The molecule has 0 spiro atoms. The van der Waals surface area contributed by atoms with Crippen molar-refractivity contribution in [3.63, 3.8) is 0 Å². The summed E-state index contributed by atoms with van der Waals surface area (Å²) in [5.41, 5.74) is -0.244. The molecule has 0 unspecified atom stereocenters. The molecule has 0 N–H and O–H groups in total. The maximum absolute atomic E-state index is 11.9. The van der Waals surface area contributed by atoms with E-state index < -0.39 is 5.41 Å². The van der Waals surface area contributed by atoms with Crippen molar-refractivity contribution in [1.29, 1.82) is 0 Å². The molecule has 0 aromatic heterocycles. The summed E-state index contributed by atoms with van der Waals surface area (Å²) in [6.07, 6.45) is 0.341. The average molecular weight is 264 g/mol. The predicted octanol–water partition coefficient (Wildman–Crippen LogP) is 3.24. The van der Waals surface area contributed by atoms with Gasteiger partial charge in [0.05, 0.1) is 18.1 Å². The van der Waals surface area contributed by atoms with Gasteiger partial charge in [-0.05, 0) is 39.0 Å². The van der Waals surface area contributed by atoms with Crippen molar-refractivity contribution in [1.82, 2.24) is 0 Å². The van der Waals surface area contributed by atoms with Gasteiger partial charge in [-0.1, -0.05) is 6.92 Å². The number of carbonyl (C=O) groups excluding carboxylic acids is 2. The summed E-state index contributed by atoms with van der Waals surface area (Å²) < 4.78 is 10.4. The number of hydrogen-bond donors (Lipinski definition) is 0. The Bertz CT molecular complexity index is 483. The number of rotatable bonds is 4. The Hall–Kier alpha value is -1.84. The largest absolute Gasteiger partial charge is 0.497 e. The molecule has 0 fully saturated rings. The van der Waals surface area contributed by atoms with Crippen LogP contribution in [0.5, 0.6) is 11.5 Å². The molecular weight excluding hydrogens is 244 g/mol. The Kier molecular flexibility index (Phi) is 4.70. The SMILES string of the molecule is CCC(=O)c1cc(OC)ccc1OC(=O)C(C)(C)C. The van der Waals surface area contributed by atoms with Crippen molar-refractivity contribution >= 4 is 11.8 Å². The summed E-state index contributed by atoms with van der Waals surface area (Å²) in [6.45, 7) is 7.05. The quantitative estimate of drug-likeness (QED) is 0.476. The summed E-state index contributed by atoms with van der Waals surface area (Å²) >= 11 is 0. The van der Waals surface area contributed by atoms with Crippen LogP contribution < -0.4 is 9.47 Å². The van der Waals surface area contributed by atoms with Crippen LogP contribution in [-0.4, -0.2) is 18.9 Å². The molecule has 0 bridgehead atoms. The summed E-state index contributed by atoms with van der Waals surface area (Å²) in [7, 11) is 1.52. The zero-order chi connectivity index (χ0) is 14.6. The lowest BCUT2D eigenvalue weighted by molar-refractivity contribution is -0.143. The molecule has 0 aliphatic carbocycles. The highest BCUT2D eigenvalue weighted by Gasteiger charge is 2.25. The van der Waals surface area contributed by atoms with Crippen LogP contribution in [0.2, 0.25) is 0 Å². The van der Waals surface area contributed by atoms with E-state index in [2.05, 4.69) is 0 Å². The van der Waals surface area contributed by atoms with Crippen molar-refractivity contribution in [3.05, 3.63) is 23.8 Å². The van der Waals surface area contributed by atoms with Crippen molar-refractivity contribution in [2.45, 2.75) is 34.1 Å². The molecule has 0 saturated carbocycles. The number of benzene rings is 1. The highest BCUT2D eigenvalue weighted by molar-refractivity contribution is 5.99. The summed E-state index contributed by atoms with van der Waals surface area (Å²) in [4.78, 5) is 23.8. The third kappa shape index (κ3) is 3.81. The molecule has 0 aliphatic rings. The molecule has 1 aromatic rings. The first-order chi connectivity index (χ1) is 8.79. The fourth-order valence-electron chi connectivity index (χ4n) is 1.39. The maximum Gasteiger partial charge on any atom is 0.316 e. The Morgan fingerprint density at radius 1 is 1.21 bits per heavy atom. The van der Waals surface area contributed by atoms with Crippen LogP contribution in [0.1, 0.15) is 44.5 Å². The number of hydrogen-bond acceptors (Lipinski definition) is 4. The van der Waals surface area contributed by atoms with Crippen LogP contribution in [-0.2, 0) is 4.79 Å². The monoisotopic (exact) mass is 264 g/mol. The van der Waals surface area contributed by atoms with Gasteiger partial charge in [0.1, 0.15) is 11.5 Å². The number of methoxy groups -OCH3 is 1. The molecule has 104 valence electrons. The lowest BCUT2D eigenvalue weighted by atomic mass is 9.97. The van der Waals surface area contributed by atoms with E-state index in [1.54, 1.807) is 45.9 Å². The van der Waals surface area contributed by atoms with Crippen LogP contribution in [0.3, 0.4) is 0 Å². The van der Waals surface area contributed by atoms with Crippen LogP contribution in [0.15, 0.2) is 18.2 Å². The van der Waals surface area contributed by atoms with Crippen molar-refractivity contribution in [2.24, 2.45) is 5.41 Å². The highest BCUT2D eigenvalue weighted by atomic mass is 16.5. The lowest BCUT2D eigenvalue weighted by Gasteiger charge is -2.18. The number of ether oxygens (including phenoxy) is 2. The molecule has 0 radical (unpaired) electrons. The Morgan fingerprint density at radius 3 is 2.32 bits per heavy atom. The van der Waals surface area contributed by atoms with Gasteiger partial charge >= 0.3 is 5.97 Å². The van der Waals surface area contributed by atoms with E-state index in [0.29, 0.717) is 17.7 Å². The molecule has 4 nitrogen and oxygen atoms in total. The van der Waals surface area contributed by atoms with Crippen molar-refractivity contribution < 1.29 is 19.1 Å². The van der Waals surface area contributed by atoms with Gasteiger partial charge in [0.25, 0.3) is 0 Å². The molecule has 1 aromatic carbocycles. The topological polar surface area (TPSA) is 52.6 Å². The Morgan fingerprint density at radius 2 is 1.84 bits per heavy atom. The normalized spacial score (nSPS) is 11.0. The minimum atomic E-state index is -0.619. The molecule has 0 heterocycles. The van der Waals surface area contributed by atoms with E-state index in [-0.39, 0.29) is 17.5 Å². The standard InChI is InChI=1S/C15H20O4/c1-6-12(16)11-9-10(18-5)7-8-13(11)19-14(17)15(2,3)4/h7-9H,6H2,1-5H3. The van der Waals surface area contributed by atoms with Crippen molar-refractivity contribution in [2.75, 3.05) is 7.11 Å². The molecule has 19 heavy (non-hydrogen) atoms. The third-order valence-electron chi connectivity index (χ3n) is 2.62. The number of esters is 1. The molecule has 0 saturated heterocycles. The first-order valence-electron chi connectivity index (χ1n) is 6.23. The van der Waals surface area contributed by atoms with Crippen molar-refractivity contribution in [3.8, 4) is 11.5 Å². The van der Waals surface area contributed by atoms with Crippen LogP contribution >= 0.6 is 0 Å². The fourth-order valence-corrected chi connectivity index (χ4v) is 1.39. The summed E-state index contributed by atoms with van der Waals surface area (Å²) in [5.74, 6) is 0.387. The van der Waals surface area contributed by atoms with Gasteiger partial charge in [-0.2, -0.15) is 0 Å². The second kappa shape index (κ2) is 5.87. The van der Waals surface area contributed by atoms with E-state index in [0.717, 1.165) is 0 Å². The molecule has 1 rings (SSSR count). The number of ketones is 1. The average Bonchev–Trinajstić information content (AvgIpc) is 2.37. The second-order valence-corrected chi connectivity index (χ2v) is 5.28. The molecule has 0 atom stereocenters. The van der Waals surface area contributed by atoms with E-state index in [1.807, 2.05) is 0 Å². The van der Waals surface area contributed by atoms with Crippen LogP contribution in [0, 0.1) is 5.41 Å². The second-order valence-electron chi connectivity index (χ2n) is 5.28. The molecular formula is C15H20O4. The molecule has 0 amide bonds. The van der Waals surface area contributed by atoms with Gasteiger partial charge in [0, 0.05) is 6.42 Å². The Balaban J connectivity index is 3.13. The van der Waals surface area contributed by atoms with Gasteiger partial charge in [0.15, 0.2) is 5.78 Å². The third-order valence-corrected chi connectivity index (χ3v) is 2.62. The minimum Gasteiger partial charge on any atom is -0.497 e. The number of Topliss-reactive ketones (excluding diaryl/α,β-unsaturated/α-hetero) is 1. The van der Waals surface area contributed by atoms with Gasteiger partial charge < -0.3 is 9.47 Å². The van der Waals surface area contributed by atoms with Crippen LogP contribution in [0.4, 0.5) is 0 Å². The lowest BCUT2D eigenvalue weighted by Crippen LogP contribution is -2.26. The smallest absolute Gasteiger partial charge is 0.316 e.